The third-order valence-electron chi connectivity index (χ3n) is 3.79. The summed E-state index contributed by atoms with van der Waals surface area (Å²) in [6, 6.07) is 14.0. The SMILES string of the molecule is O=C(NCCOc1ccc2nnc(-c3ccccc3Cl)n2n1)c1ccc(Br)o1. The van der Waals surface area contributed by atoms with Gasteiger partial charge in [0, 0.05) is 11.6 Å². The van der Waals surface area contributed by atoms with E-state index >= 15 is 0 Å². The lowest BCUT2D eigenvalue weighted by Crippen LogP contribution is -2.27. The Morgan fingerprint density at radius 1 is 1.18 bits per heavy atom. The lowest BCUT2D eigenvalue weighted by Gasteiger charge is -2.07. The van der Waals surface area contributed by atoms with E-state index in [2.05, 4.69) is 36.5 Å². The molecule has 0 radical (unpaired) electrons. The molecule has 1 N–H and O–H groups in total. The molecule has 0 aliphatic rings. The summed E-state index contributed by atoms with van der Waals surface area (Å²) >= 11 is 9.40. The van der Waals surface area contributed by atoms with Crippen molar-refractivity contribution >= 4 is 39.1 Å². The van der Waals surface area contributed by atoms with E-state index < -0.39 is 0 Å². The number of aromatic nitrogens is 4. The molecular formula is C18H13BrClN5O3. The van der Waals surface area contributed by atoms with Gasteiger partial charge in [0.1, 0.15) is 6.61 Å². The third-order valence-corrected chi connectivity index (χ3v) is 4.54. The van der Waals surface area contributed by atoms with Crippen LogP contribution in [-0.4, -0.2) is 38.9 Å². The van der Waals surface area contributed by atoms with Crippen molar-refractivity contribution in [2.75, 3.05) is 13.2 Å². The lowest BCUT2D eigenvalue weighted by atomic mass is 10.2. The second kappa shape index (κ2) is 7.99. The van der Waals surface area contributed by atoms with E-state index in [1.54, 1.807) is 34.8 Å². The highest BCUT2D eigenvalue weighted by Crippen LogP contribution is 2.26. The molecule has 4 rings (SSSR count). The molecule has 0 spiro atoms. The van der Waals surface area contributed by atoms with Crippen LogP contribution in [0.4, 0.5) is 0 Å². The molecule has 0 unspecified atom stereocenters. The maximum absolute atomic E-state index is 11.9. The molecule has 0 fully saturated rings. The minimum absolute atomic E-state index is 0.222. The molecule has 0 saturated carbocycles. The molecule has 1 amide bonds. The summed E-state index contributed by atoms with van der Waals surface area (Å²) in [6.07, 6.45) is 0. The van der Waals surface area contributed by atoms with Crippen LogP contribution < -0.4 is 10.1 Å². The summed E-state index contributed by atoms with van der Waals surface area (Å²) in [5.74, 6) is 0.788. The van der Waals surface area contributed by atoms with Gasteiger partial charge in [0.2, 0.25) is 5.88 Å². The maximum atomic E-state index is 11.9. The molecule has 10 heteroatoms. The number of hydrogen-bond donors (Lipinski definition) is 1. The van der Waals surface area contributed by atoms with Crippen LogP contribution in [0, 0.1) is 0 Å². The summed E-state index contributed by atoms with van der Waals surface area (Å²) in [5.41, 5.74) is 1.29. The maximum Gasteiger partial charge on any atom is 0.287 e. The molecular weight excluding hydrogens is 450 g/mol. The molecule has 4 aromatic rings. The quantitative estimate of drug-likeness (QED) is 0.440. The van der Waals surface area contributed by atoms with Gasteiger partial charge >= 0.3 is 0 Å². The molecule has 28 heavy (non-hydrogen) atoms. The average molecular weight is 463 g/mol. The third kappa shape index (κ3) is 3.85. The van der Waals surface area contributed by atoms with E-state index in [1.807, 2.05) is 18.2 Å². The first kappa shape index (κ1) is 18.5. The molecule has 0 bridgehead atoms. The van der Waals surface area contributed by atoms with Crippen LogP contribution in [0.5, 0.6) is 5.88 Å². The van der Waals surface area contributed by atoms with E-state index in [0.29, 0.717) is 27.0 Å². The average Bonchev–Trinajstić information content (AvgIpc) is 3.31. The van der Waals surface area contributed by atoms with Gasteiger partial charge in [-0.05, 0) is 46.3 Å². The fourth-order valence-electron chi connectivity index (χ4n) is 2.50. The summed E-state index contributed by atoms with van der Waals surface area (Å²) in [5, 5.41) is 15.9. The monoisotopic (exact) mass is 461 g/mol. The smallest absolute Gasteiger partial charge is 0.287 e. The van der Waals surface area contributed by atoms with E-state index in [4.69, 9.17) is 20.8 Å². The molecule has 0 atom stereocenters. The summed E-state index contributed by atoms with van der Waals surface area (Å²) in [7, 11) is 0. The minimum atomic E-state index is -0.322. The van der Waals surface area contributed by atoms with Crippen LogP contribution >= 0.6 is 27.5 Å². The van der Waals surface area contributed by atoms with Crippen LogP contribution in [0.1, 0.15) is 10.6 Å². The summed E-state index contributed by atoms with van der Waals surface area (Å²) < 4.78 is 12.9. The predicted molar refractivity (Wildman–Crippen MR) is 105 cm³/mol. The number of furan rings is 1. The number of hydrogen-bond acceptors (Lipinski definition) is 6. The van der Waals surface area contributed by atoms with Crippen molar-refractivity contribution in [2.45, 2.75) is 0 Å². The Labute approximate surface area is 172 Å². The van der Waals surface area contributed by atoms with Crippen molar-refractivity contribution in [1.29, 1.82) is 0 Å². The van der Waals surface area contributed by atoms with Gasteiger partial charge in [-0.25, -0.2) is 0 Å². The van der Waals surface area contributed by atoms with Crippen molar-refractivity contribution in [3.8, 4) is 17.3 Å². The summed E-state index contributed by atoms with van der Waals surface area (Å²) in [6.45, 7) is 0.520. The van der Waals surface area contributed by atoms with Crippen molar-refractivity contribution in [3.63, 3.8) is 0 Å². The largest absolute Gasteiger partial charge is 0.475 e. The van der Waals surface area contributed by atoms with Crippen molar-refractivity contribution < 1.29 is 13.9 Å². The number of ether oxygens (including phenoxy) is 1. The topological polar surface area (TPSA) is 94.5 Å². The van der Waals surface area contributed by atoms with Gasteiger partial charge in [0.15, 0.2) is 21.9 Å². The van der Waals surface area contributed by atoms with Crippen LogP contribution in [0.3, 0.4) is 0 Å². The molecule has 0 aliphatic heterocycles. The number of rotatable bonds is 6. The number of nitrogens with zero attached hydrogens (tertiary/aromatic N) is 4. The number of benzene rings is 1. The molecule has 3 aromatic heterocycles. The zero-order chi connectivity index (χ0) is 19.5. The van der Waals surface area contributed by atoms with Gasteiger partial charge in [0.25, 0.3) is 5.91 Å². The minimum Gasteiger partial charge on any atom is -0.475 e. The van der Waals surface area contributed by atoms with E-state index in [-0.39, 0.29) is 24.8 Å². The number of nitrogens with one attached hydrogen (secondary N) is 1. The molecule has 0 saturated heterocycles. The van der Waals surface area contributed by atoms with Gasteiger partial charge in [0.05, 0.1) is 11.6 Å². The number of amides is 1. The molecule has 8 nitrogen and oxygen atoms in total. The highest BCUT2D eigenvalue weighted by molar-refractivity contribution is 9.10. The number of halogens is 2. The highest BCUT2D eigenvalue weighted by Gasteiger charge is 2.13. The second-order valence-corrected chi connectivity index (χ2v) is 6.84. The van der Waals surface area contributed by atoms with Gasteiger partial charge < -0.3 is 14.5 Å². The fraction of sp³-hybridized carbons (Fsp3) is 0.111. The van der Waals surface area contributed by atoms with Crippen molar-refractivity contribution in [3.05, 3.63) is 64.0 Å². The standard InChI is InChI=1S/C18H13BrClN5O3/c19-14-6-5-13(28-14)18(26)21-9-10-27-16-8-7-15-22-23-17(25(15)24-16)11-3-1-2-4-12(11)20/h1-8H,9-10H2,(H,21,26). The highest BCUT2D eigenvalue weighted by atomic mass is 79.9. The summed E-state index contributed by atoms with van der Waals surface area (Å²) in [4.78, 5) is 11.9. The van der Waals surface area contributed by atoms with Crippen LogP contribution in [0.25, 0.3) is 17.0 Å². The molecule has 1 aromatic carbocycles. The Morgan fingerprint density at radius 3 is 2.82 bits per heavy atom. The van der Waals surface area contributed by atoms with Crippen LogP contribution in [-0.2, 0) is 0 Å². The fourth-order valence-corrected chi connectivity index (χ4v) is 3.03. The molecule has 0 aliphatic carbocycles. The van der Waals surface area contributed by atoms with Gasteiger partial charge in [-0.2, -0.15) is 4.52 Å². The van der Waals surface area contributed by atoms with Gasteiger partial charge in [-0.15, -0.1) is 15.3 Å². The van der Waals surface area contributed by atoms with Gasteiger partial charge in [-0.1, -0.05) is 23.7 Å². The number of carbonyl (C=O) groups excluding carboxylic acids is 1. The van der Waals surface area contributed by atoms with Crippen molar-refractivity contribution in [2.24, 2.45) is 0 Å². The first-order chi connectivity index (χ1) is 13.6. The van der Waals surface area contributed by atoms with E-state index in [1.165, 1.54) is 0 Å². The Morgan fingerprint density at radius 2 is 2.04 bits per heavy atom. The first-order valence-corrected chi connectivity index (χ1v) is 9.42. The second-order valence-electron chi connectivity index (χ2n) is 5.65. The molecule has 142 valence electrons. The first-order valence-electron chi connectivity index (χ1n) is 8.25. The zero-order valence-electron chi connectivity index (χ0n) is 14.3. The van der Waals surface area contributed by atoms with Crippen LogP contribution in [0.15, 0.2) is 57.6 Å². The predicted octanol–water partition coefficient (Wildman–Crippen LogP) is 3.61. The Kier molecular flexibility index (Phi) is 5.27. The molecule has 3 heterocycles. The normalized spacial score (nSPS) is 10.9. The van der Waals surface area contributed by atoms with E-state index in [0.717, 1.165) is 5.56 Å². The Hall–Kier alpha value is -2.91. The lowest BCUT2D eigenvalue weighted by molar-refractivity contribution is 0.0917. The Bertz CT molecular complexity index is 1140. The Balaban J connectivity index is 1.43. The van der Waals surface area contributed by atoms with Gasteiger partial charge in [-0.3, -0.25) is 4.79 Å². The number of fused-ring (bicyclic) bond motifs is 1. The zero-order valence-corrected chi connectivity index (χ0v) is 16.6. The number of carbonyl (C=O) groups is 1. The van der Waals surface area contributed by atoms with Crippen molar-refractivity contribution in [1.82, 2.24) is 25.1 Å². The van der Waals surface area contributed by atoms with Crippen LogP contribution in [0.2, 0.25) is 5.02 Å². The van der Waals surface area contributed by atoms with E-state index in [9.17, 15) is 4.79 Å².